The van der Waals surface area contributed by atoms with E-state index in [9.17, 15) is 14.3 Å². The van der Waals surface area contributed by atoms with Crippen molar-refractivity contribution in [3.8, 4) is 0 Å². The van der Waals surface area contributed by atoms with Crippen LogP contribution in [-0.2, 0) is 27.9 Å². The largest absolute Gasteiger partial charge is 0.472 e. The number of esters is 1. The van der Waals surface area contributed by atoms with Crippen LogP contribution >= 0.6 is 7.82 Å². The lowest BCUT2D eigenvalue weighted by atomic mass is 10.0. The Kier molecular flexibility index (Phi) is 49.3. The van der Waals surface area contributed by atoms with E-state index in [1.54, 1.807) is 0 Å². The van der Waals surface area contributed by atoms with E-state index in [4.69, 9.17) is 24.3 Å². The maximum Gasteiger partial charge on any atom is 0.472 e. The van der Waals surface area contributed by atoms with Crippen LogP contribution in [0.2, 0.25) is 0 Å². The van der Waals surface area contributed by atoms with Gasteiger partial charge in [0.25, 0.3) is 0 Å². The van der Waals surface area contributed by atoms with Crippen molar-refractivity contribution in [1.82, 2.24) is 0 Å². The molecule has 0 aromatic carbocycles. The molecule has 0 amide bonds. The number of carbonyl (C=O) groups excluding carboxylic acids is 1. The Balaban J connectivity index is 3.93. The fourth-order valence-electron chi connectivity index (χ4n) is 7.08. The minimum absolute atomic E-state index is 0.0964. The predicted molar refractivity (Wildman–Crippen MR) is 270 cm³/mol. The number of ether oxygens (including phenoxy) is 2. The first-order chi connectivity index (χ1) is 30.9. The van der Waals surface area contributed by atoms with Crippen LogP contribution in [0, 0.1) is 0 Å². The Morgan fingerprint density at radius 2 is 0.889 bits per heavy atom. The highest BCUT2D eigenvalue weighted by Crippen LogP contribution is 2.43. The first kappa shape index (κ1) is 60.9. The summed E-state index contributed by atoms with van der Waals surface area (Å²) in [5, 5.41) is 0. The molecule has 366 valence electrons. The molecular weight excluding hydrogens is 806 g/mol. The zero-order valence-electron chi connectivity index (χ0n) is 40.8. The lowest BCUT2D eigenvalue weighted by Gasteiger charge is -2.20. The van der Waals surface area contributed by atoms with Crippen molar-refractivity contribution in [2.75, 3.05) is 33.0 Å². The molecule has 0 aliphatic rings. The van der Waals surface area contributed by atoms with Gasteiger partial charge in [-0.25, -0.2) is 4.57 Å². The van der Waals surface area contributed by atoms with E-state index in [0.29, 0.717) is 13.0 Å². The van der Waals surface area contributed by atoms with Crippen molar-refractivity contribution in [2.45, 2.75) is 232 Å². The molecule has 0 spiro atoms. The van der Waals surface area contributed by atoms with E-state index in [1.807, 2.05) is 0 Å². The number of hydrogen-bond acceptors (Lipinski definition) is 7. The molecule has 0 radical (unpaired) electrons. The Morgan fingerprint density at radius 1 is 0.492 bits per heavy atom. The predicted octanol–water partition coefficient (Wildman–Crippen LogP) is 16.3. The van der Waals surface area contributed by atoms with Gasteiger partial charge >= 0.3 is 13.8 Å². The van der Waals surface area contributed by atoms with Gasteiger partial charge in [0.15, 0.2) is 0 Å². The molecule has 0 bridgehead atoms. The van der Waals surface area contributed by atoms with Gasteiger partial charge in [-0.05, 0) is 83.5 Å². The van der Waals surface area contributed by atoms with Crippen molar-refractivity contribution in [1.29, 1.82) is 0 Å². The fourth-order valence-corrected chi connectivity index (χ4v) is 7.84. The van der Waals surface area contributed by atoms with Crippen molar-refractivity contribution < 1.29 is 32.8 Å². The number of rotatable bonds is 49. The third-order valence-electron chi connectivity index (χ3n) is 10.9. The third kappa shape index (κ3) is 50.8. The van der Waals surface area contributed by atoms with E-state index in [1.165, 1.54) is 135 Å². The lowest BCUT2D eigenvalue weighted by Crippen LogP contribution is -2.28. The number of nitrogens with two attached hydrogens (primary N) is 1. The minimum Gasteiger partial charge on any atom is -0.457 e. The number of hydrogen-bond donors (Lipinski definition) is 2. The minimum atomic E-state index is -4.29. The van der Waals surface area contributed by atoms with Crippen LogP contribution < -0.4 is 5.73 Å². The summed E-state index contributed by atoms with van der Waals surface area (Å²) in [6, 6.07) is 0. The van der Waals surface area contributed by atoms with Gasteiger partial charge in [0, 0.05) is 19.6 Å². The SMILES string of the molecule is CC/C=C\C/C=C\C/C=C\C/C=C\CCCCCCCCCCCCCCCOCC(COP(=O)(O)OCCN)OC(=O)CCCCCCCCC/C=C\C/C=C\CCCCCC. The van der Waals surface area contributed by atoms with Gasteiger partial charge in [-0.2, -0.15) is 0 Å². The van der Waals surface area contributed by atoms with Gasteiger partial charge in [-0.1, -0.05) is 209 Å². The van der Waals surface area contributed by atoms with Crippen LogP contribution in [0.4, 0.5) is 0 Å². The first-order valence-corrected chi connectivity index (χ1v) is 27.4. The second kappa shape index (κ2) is 50.9. The van der Waals surface area contributed by atoms with Gasteiger partial charge in [0.05, 0.1) is 19.8 Å². The zero-order valence-corrected chi connectivity index (χ0v) is 41.7. The Labute approximate surface area is 388 Å². The molecule has 0 saturated carbocycles. The number of phosphoric acid groups is 1. The standard InChI is InChI=1S/C54H98NO7P/c1-3-5-7-9-11-13-15-17-19-21-23-24-25-26-27-28-29-30-32-34-36-38-40-42-44-46-49-59-51-53(52-61-63(57,58)60-50-48-55)62-54(56)47-45-43-41-39-37-35-33-31-22-20-18-16-14-12-10-8-6-4-2/h5,7,11,13-14,16-17,19-20,22-24,53H,3-4,6,8-10,12,15,18,21,25-52,55H2,1-2H3,(H,57,58)/b7-5-,13-11-,16-14-,19-17-,22-20-,24-23-. The van der Waals surface area contributed by atoms with Crippen LogP contribution in [0.25, 0.3) is 0 Å². The Morgan fingerprint density at radius 3 is 1.33 bits per heavy atom. The van der Waals surface area contributed by atoms with E-state index < -0.39 is 13.9 Å². The van der Waals surface area contributed by atoms with Crippen molar-refractivity contribution in [3.05, 3.63) is 72.9 Å². The summed E-state index contributed by atoms with van der Waals surface area (Å²) in [4.78, 5) is 22.6. The molecule has 2 atom stereocenters. The molecule has 0 aromatic rings. The van der Waals surface area contributed by atoms with E-state index in [0.717, 1.165) is 70.6 Å². The van der Waals surface area contributed by atoms with Gasteiger partial charge in [-0.15, -0.1) is 0 Å². The third-order valence-corrected chi connectivity index (χ3v) is 11.8. The maximum absolute atomic E-state index is 12.7. The summed E-state index contributed by atoms with van der Waals surface area (Å²) in [6.07, 6.45) is 65.1. The second-order valence-corrected chi connectivity index (χ2v) is 18.5. The van der Waals surface area contributed by atoms with Gasteiger partial charge in [-0.3, -0.25) is 13.8 Å². The van der Waals surface area contributed by atoms with E-state index in [2.05, 4.69) is 86.8 Å². The van der Waals surface area contributed by atoms with Crippen LogP contribution in [0.5, 0.6) is 0 Å². The molecule has 2 unspecified atom stereocenters. The highest BCUT2D eigenvalue weighted by Gasteiger charge is 2.25. The summed E-state index contributed by atoms with van der Waals surface area (Å²) < 4.78 is 33.6. The van der Waals surface area contributed by atoms with Crippen LogP contribution in [-0.4, -0.2) is 49.9 Å². The van der Waals surface area contributed by atoms with E-state index >= 15 is 0 Å². The normalized spacial score (nSPS) is 13.9. The van der Waals surface area contributed by atoms with Crippen molar-refractivity contribution >= 4 is 13.8 Å². The van der Waals surface area contributed by atoms with E-state index in [-0.39, 0.29) is 32.3 Å². The number of unbranched alkanes of at least 4 members (excludes halogenated alkanes) is 24. The molecule has 63 heavy (non-hydrogen) atoms. The maximum atomic E-state index is 12.7. The summed E-state index contributed by atoms with van der Waals surface area (Å²) in [5.41, 5.74) is 5.39. The zero-order chi connectivity index (χ0) is 45.8. The topological polar surface area (TPSA) is 117 Å². The number of phosphoric ester groups is 1. The molecule has 0 aromatic heterocycles. The van der Waals surface area contributed by atoms with Crippen LogP contribution in [0.1, 0.15) is 226 Å². The molecule has 0 aliphatic carbocycles. The molecular formula is C54H98NO7P. The molecule has 0 fully saturated rings. The average Bonchev–Trinajstić information content (AvgIpc) is 3.28. The Bertz CT molecular complexity index is 1200. The monoisotopic (exact) mass is 904 g/mol. The molecule has 0 heterocycles. The van der Waals surface area contributed by atoms with Crippen molar-refractivity contribution in [2.24, 2.45) is 5.73 Å². The Hall–Kier alpha value is -2.06. The second-order valence-electron chi connectivity index (χ2n) is 17.0. The fraction of sp³-hybridized carbons (Fsp3) is 0.759. The van der Waals surface area contributed by atoms with Crippen LogP contribution in [0.3, 0.4) is 0 Å². The van der Waals surface area contributed by atoms with Crippen molar-refractivity contribution in [3.63, 3.8) is 0 Å². The average molecular weight is 904 g/mol. The highest BCUT2D eigenvalue weighted by atomic mass is 31.2. The van der Waals surface area contributed by atoms with Gasteiger partial charge < -0.3 is 20.1 Å². The number of carbonyl (C=O) groups is 1. The smallest absolute Gasteiger partial charge is 0.457 e. The molecule has 0 saturated heterocycles. The lowest BCUT2D eigenvalue weighted by molar-refractivity contribution is -0.154. The highest BCUT2D eigenvalue weighted by molar-refractivity contribution is 7.47. The van der Waals surface area contributed by atoms with Crippen LogP contribution in [0.15, 0.2) is 72.9 Å². The summed E-state index contributed by atoms with van der Waals surface area (Å²) in [5.74, 6) is -0.338. The number of allylic oxidation sites excluding steroid dienone is 12. The molecule has 0 aliphatic heterocycles. The quantitative estimate of drug-likeness (QED) is 0.0268. The first-order valence-electron chi connectivity index (χ1n) is 25.9. The molecule has 0 rings (SSSR count). The summed E-state index contributed by atoms with van der Waals surface area (Å²) >= 11 is 0. The molecule has 9 heteroatoms. The molecule has 8 nitrogen and oxygen atoms in total. The molecule has 3 N–H and O–H groups in total. The summed E-state index contributed by atoms with van der Waals surface area (Å²) in [7, 11) is -4.29. The van der Waals surface area contributed by atoms with Gasteiger partial charge in [0.1, 0.15) is 6.10 Å². The van der Waals surface area contributed by atoms with Gasteiger partial charge in [0.2, 0.25) is 0 Å². The summed E-state index contributed by atoms with van der Waals surface area (Å²) in [6.45, 7) is 4.79.